The molecule has 0 aliphatic heterocycles. The van der Waals surface area contributed by atoms with Crippen LogP contribution in [0.15, 0.2) is 24.3 Å². The number of carbonyl (C=O) groups is 2. The highest BCUT2D eigenvalue weighted by Gasteiger charge is 2.05. The van der Waals surface area contributed by atoms with E-state index in [0.29, 0.717) is 17.9 Å². The van der Waals surface area contributed by atoms with Gasteiger partial charge in [0.1, 0.15) is 6.54 Å². The average molecular weight is 256 g/mol. The minimum Gasteiger partial charge on any atom is -0.468 e. The van der Waals surface area contributed by atoms with Gasteiger partial charge < -0.3 is 10.1 Å². The lowest BCUT2D eigenvalue weighted by atomic mass is 10.1. The van der Waals surface area contributed by atoms with E-state index in [1.807, 2.05) is 12.1 Å². The molecule has 4 nitrogen and oxygen atoms in total. The number of aryl methyl sites for hydroxylation is 1. The van der Waals surface area contributed by atoms with Gasteiger partial charge in [-0.2, -0.15) is 0 Å². The van der Waals surface area contributed by atoms with E-state index in [-0.39, 0.29) is 12.5 Å². The monoisotopic (exact) mass is 255 g/mol. The molecule has 0 saturated carbocycles. The minimum atomic E-state index is -0.454. The largest absolute Gasteiger partial charge is 0.468 e. The number of amides is 1. The van der Waals surface area contributed by atoms with Crippen LogP contribution in [0.4, 0.5) is 0 Å². The molecule has 0 aromatic heterocycles. The second-order valence-corrected chi connectivity index (χ2v) is 3.92. The van der Waals surface area contributed by atoms with Crippen molar-refractivity contribution in [3.8, 4) is 0 Å². The maximum atomic E-state index is 11.4. The molecule has 0 aliphatic carbocycles. The van der Waals surface area contributed by atoms with Crippen molar-refractivity contribution in [2.75, 3.05) is 13.7 Å². The number of ether oxygens (including phenoxy) is 1. The van der Waals surface area contributed by atoms with Gasteiger partial charge in [0.2, 0.25) is 5.91 Å². The summed E-state index contributed by atoms with van der Waals surface area (Å²) in [7, 11) is 1.28. The number of hydrogen-bond donors (Lipinski definition) is 1. The first kappa shape index (κ1) is 13.5. The van der Waals surface area contributed by atoms with Crippen molar-refractivity contribution in [2.45, 2.75) is 12.8 Å². The van der Waals surface area contributed by atoms with Crippen molar-refractivity contribution < 1.29 is 14.3 Å². The molecule has 0 heterocycles. The highest BCUT2D eigenvalue weighted by molar-refractivity contribution is 6.30. The molecular weight excluding hydrogens is 242 g/mol. The summed E-state index contributed by atoms with van der Waals surface area (Å²) in [6.45, 7) is -0.0874. The van der Waals surface area contributed by atoms with Crippen molar-refractivity contribution in [2.24, 2.45) is 0 Å². The van der Waals surface area contributed by atoms with Crippen LogP contribution in [0, 0.1) is 0 Å². The predicted molar refractivity (Wildman–Crippen MR) is 64.8 cm³/mol. The van der Waals surface area contributed by atoms with Gasteiger partial charge in [-0.25, -0.2) is 0 Å². The number of rotatable bonds is 5. The quantitative estimate of drug-likeness (QED) is 0.813. The van der Waals surface area contributed by atoms with Crippen molar-refractivity contribution in [3.63, 3.8) is 0 Å². The van der Waals surface area contributed by atoms with E-state index in [1.165, 1.54) is 7.11 Å². The molecule has 92 valence electrons. The molecule has 0 spiro atoms. The molecule has 0 aliphatic rings. The molecule has 0 saturated heterocycles. The zero-order chi connectivity index (χ0) is 12.7. The molecule has 0 radical (unpaired) electrons. The number of hydrogen-bond acceptors (Lipinski definition) is 3. The minimum absolute atomic E-state index is 0.0874. The average Bonchev–Trinajstić information content (AvgIpc) is 2.35. The smallest absolute Gasteiger partial charge is 0.325 e. The van der Waals surface area contributed by atoms with Crippen LogP contribution in [-0.4, -0.2) is 25.5 Å². The molecule has 0 fully saturated rings. The highest BCUT2D eigenvalue weighted by atomic mass is 35.5. The lowest BCUT2D eigenvalue weighted by Gasteiger charge is -2.04. The summed E-state index contributed by atoms with van der Waals surface area (Å²) in [5.74, 6) is -0.629. The van der Waals surface area contributed by atoms with Crippen LogP contribution < -0.4 is 5.32 Å². The van der Waals surface area contributed by atoms with Crippen LogP contribution in [0.25, 0.3) is 0 Å². The Labute approximate surface area is 105 Å². The number of halogens is 1. The van der Waals surface area contributed by atoms with E-state index in [2.05, 4.69) is 10.1 Å². The van der Waals surface area contributed by atoms with E-state index in [9.17, 15) is 9.59 Å². The van der Waals surface area contributed by atoms with Gasteiger partial charge in [0.15, 0.2) is 0 Å². The van der Waals surface area contributed by atoms with Crippen LogP contribution >= 0.6 is 11.6 Å². The zero-order valence-corrected chi connectivity index (χ0v) is 10.3. The summed E-state index contributed by atoms with van der Waals surface area (Å²) in [4.78, 5) is 22.1. The highest BCUT2D eigenvalue weighted by Crippen LogP contribution is 2.10. The number of nitrogens with one attached hydrogen (secondary N) is 1. The van der Waals surface area contributed by atoms with Crippen molar-refractivity contribution in [1.29, 1.82) is 0 Å². The van der Waals surface area contributed by atoms with E-state index in [0.717, 1.165) is 5.56 Å². The number of methoxy groups -OCH3 is 1. The molecule has 17 heavy (non-hydrogen) atoms. The third-order valence-electron chi connectivity index (χ3n) is 2.21. The normalized spacial score (nSPS) is 9.76. The number of benzene rings is 1. The zero-order valence-electron chi connectivity index (χ0n) is 9.53. The molecule has 0 unspecified atom stereocenters. The first-order chi connectivity index (χ1) is 8.11. The maximum Gasteiger partial charge on any atom is 0.325 e. The van der Waals surface area contributed by atoms with Gasteiger partial charge in [-0.05, 0) is 24.1 Å². The lowest BCUT2D eigenvalue weighted by molar-refractivity contribution is -0.141. The predicted octanol–water partition coefficient (Wildman–Crippen LogP) is 1.56. The molecule has 1 aromatic rings. The fourth-order valence-corrected chi connectivity index (χ4v) is 1.37. The second kappa shape index (κ2) is 6.91. The summed E-state index contributed by atoms with van der Waals surface area (Å²) >= 11 is 5.74. The van der Waals surface area contributed by atoms with E-state index in [4.69, 9.17) is 11.6 Å². The summed E-state index contributed by atoms with van der Waals surface area (Å²) in [5.41, 5.74) is 1.03. The van der Waals surface area contributed by atoms with Gasteiger partial charge in [0.05, 0.1) is 7.11 Å². The van der Waals surface area contributed by atoms with E-state index in [1.54, 1.807) is 12.1 Å². The van der Waals surface area contributed by atoms with Crippen LogP contribution in [0.5, 0.6) is 0 Å². The van der Waals surface area contributed by atoms with Gasteiger partial charge in [-0.3, -0.25) is 9.59 Å². The third kappa shape index (κ3) is 5.36. The summed E-state index contributed by atoms with van der Waals surface area (Å²) < 4.78 is 4.41. The van der Waals surface area contributed by atoms with Gasteiger partial charge in [-0.15, -0.1) is 0 Å². The fraction of sp³-hybridized carbons (Fsp3) is 0.333. The number of carbonyl (C=O) groups excluding carboxylic acids is 2. The van der Waals surface area contributed by atoms with Crippen molar-refractivity contribution in [1.82, 2.24) is 5.32 Å². The molecule has 5 heteroatoms. The molecule has 1 aromatic carbocycles. The number of esters is 1. The third-order valence-corrected chi connectivity index (χ3v) is 2.46. The standard InChI is InChI=1S/C12H14ClNO3/c1-17-12(16)8-14-11(15)7-4-9-2-5-10(13)6-3-9/h2-3,5-6H,4,7-8H2,1H3,(H,14,15). The first-order valence-electron chi connectivity index (χ1n) is 5.20. The molecule has 1 amide bonds. The van der Waals surface area contributed by atoms with Gasteiger partial charge in [-0.1, -0.05) is 23.7 Å². The SMILES string of the molecule is COC(=O)CNC(=O)CCc1ccc(Cl)cc1. The molecule has 0 bridgehead atoms. The summed E-state index contributed by atoms with van der Waals surface area (Å²) in [6.07, 6.45) is 0.947. The Morgan fingerprint density at radius 3 is 2.53 bits per heavy atom. The molecular formula is C12H14ClNO3. The Morgan fingerprint density at radius 2 is 1.94 bits per heavy atom. The van der Waals surface area contributed by atoms with Gasteiger partial charge >= 0.3 is 5.97 Å². The van der Waals surface area contributed by atoms with Crippen LogP contribution in [0.2, 0.25) is 5.02 Å². The Hall–Kier alpha value is -1.55. The van der Waals surface area contributed by atoms with E-state index >= 15 is 0 Å². The summed E-state index contributed by atoms with van der Waals surface area (Å²) in [5, 5.41) is 3.15. The Bertz CT molecular complexity index is 389. The van der Waals surface area contributed by atoms with Crippen LogP contribution in [-0.2, 0) is 20.7 Å². The fourth-order valence-electron chi connectivity index (χ4n) is 1.24. The molecule has 1 rings (SSSR count). The second-order valence-electron chi connectivity index (χ2n) is 3.48. The van der Waals surface area contributed by atoms with Crippen molar-refractivity contribution >= 4 is 23.5 Å². The summed E-state index contributed by atoms with van der Waals surface area (Å²) in [6, 6.07) is 7.30. The topological polar surface area (TPSA) is 55.4 Å². The Morgan fingerprint density at radius 1 is 1.29 bits per heavy atom. The van der Waals surface area contributed by atoms with Gasteiger partial charge in [0, 0.05) is 11.4 Å². The molecule has 0 atom stereocenters. The maximum absolute atomic E-state index is 11.4. The van der Waals surface area contributed by atoms with Crippen LogP contribution in [0.3, 0.4) is 0 Å². The Kier molecular flexibility index (Phi) is 5.49. The van der Waals surface area contributed by atoms with E-state index < -0.39 is 5.97 Å². The van der Waals surface area contributed by atoms with Crippen LogP contribution in [0.1, 0.15) is 12.0 Å². The van der Waals surface area contributed by atoms with Gasteiger partial charge in [0.25, 0.3) is 0 Å². The first-order valence-corrected chi connectivity index (χ1v) is 5.57. The van der Waals surface area contributed by atoms with Crippen molar-refractivity contribution in [3.05, 3.63) is 34.9 Å². The lowest BCUT2D eigenvalue weighted by Crippen LogP contribution is -2.30. The molecule has 1 N–H and O–H groups in total. The Balaban J connectivity index is 2.28.